The molecule has 0 heterocycles. The van der Waals surface area contributed by atoms with Crippen LogP contribution in [0, 0.1) is 6.92 Å². The Morgan fingerprint density at radius 2 is 1.96 bits per heavy atom. The lowest BCUT2D eigenvalue weighted by Crippen LogP contribution is -2.48. The van der Waals surface area contributed by atoms with Gasteiger partial charge in [-0.3, -0.25) is 0 Å². The smallest absolute Gasteiger partial charge is 0.407 e. The Labute approximate surface area is 140 Å². The molecular weight excluding hydrogens is 288 g/mol. The Bertz CT molecular complexity index is 536. The number of amides is 1. The van der Waals surface area contributed by atoms with Crippen LogP contribution >= 0.6 is 0 Å². The molecule has 4 heteroatoms. The van der Waals surface area contributed by atoms with E-state index in [1.54, 1.807) is 0 Å². The molecule has 3 atom stereocenters. The van der Waals surface area contributed by atoms with Gasteiger partial charge in [0.15, 0.2) is 0 Å². The minimum absolute atomic E-state index is 0.136. The average Bonchev–Trinajstić information content (AvgIpc) is 2.83. The summed E-state index contributed by atoms with van der Waals surface area (Å²) in [6.07, 6.45) is 2.88. The van der Waals surface area contributed by atoms with Crippen LogP contribution in [0.4, 0.5) is 4.79 Å². The summed E-state index contributed by atoms with van der Waals surface area (Å²) in [7, 11) is 0. The van der Waals surface area contributed by atoms with Crippen molar-refractivity contribution in [2.45, 2.75) is 77.6 Å². The van der Waals surface area contributed by atoms with E-state index in [1.807, 2.05) is 20.8 Å². The van der Waals surface area contributed by atoms with Gasteiger partial charge < -0.3 is 15.4 Å². The maximum atomic E-state index is 12.0. The highest BCUT2D eigenvalue weighted by Gasteiger charge is 2.31. The molecule has 1 aromatic rings. The van der Waals surface area contributed by atoms with Gasteiger partial charge in [0.25, 0.3) is 0 Å². The molecule has 0 aromatic heterocycles. The third-order valence-electron chi connectivity index (χ3n) is 4.22. The highest BCUT2D eigenvalue weighted by molar-refractivity contribution is 5.68. The fourth-order valence-electron chi connectivity index (χ4n) is 3.15. The molecule has 1 saturated carbocycles. The fourth-order valence-corrected chi connectivity index (χ4v) is 3.15. The Kier molecular flexibility index (Phi) is 5.69. The van der Waals surface area contributed by atoms with Crippen LogP contribution in [0.25, 0.3) is 0 Å². The Balaban J connectivity index is 1.92. The van der Waals surface area contributed by atoms with Crippen molar-refractivity contribution in [3.05, 3.63) is 35.4 Å². The number of carbonyl (C=O) groups is 1. The normalized spacial score (nSPS) is 22.7. The lowest BCUT2D eigenvalue weighted by Gasteiger charge is -2.27. The second-order valence-electron chi connectivity index (χ2n) is 7.59. The van der Waals surface area contributed by atoms with E-state index in [2.05, 4.69) is 48.7 Å². The quantitative estimate of drug-likeness (QED) is 0.879. The van der Waals surface area contributed by atoms with Crippen molar-refractivity contribution in [2.24, 2.45) is 0 Å². The van der Waals surface area contributed by atoms with Gasteiger partial charge in [-0.2, -0.15) is 0 Å². The van der Waals surface area contributed by atoms with Crippen LogP contribution in [0.2, 0.25) is 0 Å². The van der Waals surface area contributed by atoms with Gasteiger partial charge >= 0.3 is 6.09 Å². The lowest BCUT2D eigenvalue weighted by molar-refractivity contribution is 0.0497. The molecule has 2 N–H and O–H groups in total. The number of carbonyl (C=O) groups excluding carboxylic acids is 1. The topological polar surface area (TPSA) is 50.4 Å². The maximum Gasteiger partial charge on any atom is 0.407 e. The standard InChI is InChI=1S/C19H30N2O2/c1-13-8-6-9-15(12-13)14(2)20-16-10-7-11-17(16)21-18(22)23-19(3,4)5/h6,8-9,12,14,16-17,20H,7,10-11H2,1-5H3,(H,21,22). The molecule has 1 fully saturated rings. The molecule has 0 bridgehead atoms. The number of hydrogen-bond donors (Lipinski definition) is 2. The van der Waals surface area contributed by atoms with Crippen molar-refractivity contribution in [2.75, 3.05) is 0 Å². The number of alkyl carbamates (subject to hydrolysis) is 1. The van der Waals surface area contributed by atoms with E-state index in [0.717, 1.165) is 19.3 Å². The van der Waals surface area contributed by atoms with Crippen molar-refractivity contribution in [1.29, 1.82) is 0 Å². The van der Waals surface area contributed by atoms with E-state index in [-0.39, 0.29) is 24.2 Å². The highest BCUT2D eigenvalue weighted by atomic mass is 16.6. The Morgan fingerprint density at radius 3 is 2.61 bits per heavy atom. The van der Waals surface area contributed by atoms with Crippen LogP contribution < -0.4 is 10.6 Å². The molecule has 23 heavy (non-hydrogen) atoms. The fraction of sp³-hybridized carbons (Fsp3) is 0.632. The molecule has 1 amide bonds. The number of nitrogens with one attached hydrogen (secondary N) is 2. The minimum Gasteiger partial charge on any atom is -0.444 e. The van der Waals surface area contributed by atoms with Gasteiger partial charge in [0.05, 0.1) is 0 Å². The summed E-state index contributed by atoms with van der Waals surface area (Å²) in [5.74, 6) is 0. The third kappa shape index (κ3) is 5.54. The molecule has 1 aromatic carbocycles. The van der Waals surface area contributed by atoms with Gasteiger partial charge in [0.1, 0.15) is 5.60 Å². The van der Waals surface area contributed by atoms with Gasteiger partial charge in [-0.25, -0.2) is 4.79 Å². The predicted molar refractivity (Wildman–Crippen MR) is 93.5 cm³/mol. The van der Waals surface area contributed by atoms with Gasteiger partial charge in [-0.15, -0.1) is 0 Å². The average molecular weight is 318 g/mol. The van der Waals surface area contributed by atoms with Crippen molar-refractivity contribution in [3.8, 4) is 0 Å². The lowest BCUT2D eigenvalue weighted by atomic mass is 10.0. The first-order chi connectivity index (χ1) is 10.7. The van der Waals surface area contributed by atoms with Crippen molar-refractivity contribution < 1.29 is 9.53 Å². The van der Waals surface area contributed by atoms with E-state index in [1.165, 1.54) is 11.1 Å². The van der Waals surface area contributed by atoms with Crippen LogP contribution in [-0.2, 0) is 4.74 Å². The zero-order valence-electron chi connectivity index (χ0n) is 15.0. The minimum atomic E-state index is -0.458. The van der Waals surface area contributed by atoms with Crippen molar-refractivity contribution in [3.63, 3.8) is 0 Å². The van der Waals surface area contributed by atoms with Gasteiger partial charge in [0.2, 0.25) is 0 Å². The molecule has 3 unspecified atom stereocenters. The zero-order valence-corrected chi connectivity index (χ0v) is 15.0. The number of aryl methyl sites for hydroxylation is 1. The number of rotatable bonds is 4. The van der Waals surface area contributed by atoms with E-state index in [9.17, 15) is 4.79 Å². The molecule has 0 spiro atoms. The molecule has 0 aliphatic heterocycles. The maximum absolute atomic E-state index is 12.0. The first-order valence-corrected chi connectivity index (χ1v) is 8.57. The van der Waals surface area contributed by atoms with Gasteiger partial charge in [-0.05, 0) is 59.4 Å². The highest BCUT2D eigenvalue weighted by Crippen LogP contribution is 2.23. The Morgan fingerprint density at radius 1 is 1.26 bits per heavy atom. The third-order valence-corrected chi connectivity index (χ3v) is 4.22. The summed E-state index contributed by atoms with van der Waals surface area (Å²) in [5.41, 5.74) is 2.10. The number of ether oxygens (including phenoxy) is 1. The van der Waals surface area contributed by atoms with Crippen LogP contribution in [0.5, 0.6) is 0 Å². The summed E-state index contributed by atoms with van der Waals surface area (Å²) in [5, 5.41) is 6.70. The molecule has 0 saturated heterocycles. The second-order valence-corrected chi connectivity index (χ2v) is 7.59. The van der Waals surface area contributed by atoms with E-state index in [0.29, 0.717) is 0 Å². The summed E-state index contributed by atoms with van der Waals surface area (Å²) in [6.45, 7) is 9.95. The summed E-state index contributed by atoms with van der Waals surface area (Å²) in [6, 6.07) is 9.25. The van der Waals surface area contributed by atoms with Gasteiger partial charge in [0, 0.05) is 18.1 Å². The van der Waals surface area contributed by atoms with E-state index < -0.39 is 5.60 Å². The first-order valence-electron chi connectivity index (χ1n) is 8.57. The van der Waals surface area contributed by atoms with Crippen LogP contribution in [0.3, 0.4) is 0 Å². The van der Waals surface area contributed by atoms with E-state index >= 15 is 0 Å². The zero-order chi connectivity index (χ0) is 17.0. The summed E-state index contributed by atoms with van der Waals surface area (Å²) in [4.78, 5) is 12.0. The molecule has 1 aliphatic carbocycles. The van der Waals surface area contributed by atoms with Crippen molar-refractivity contribution >= 4 is 6.09 Å². The van der Waals surface area contributed by atoms with Gasteiger partial charge in [-0.1, -0.05) is 29.8 Å². The second kappa shape index (κ2) is 7.35. The van der Waals surface area contributed by atoms with E-state index in [4.69, 9.17) is 4.74 Å². The summed E-state index contributed by atoms with van der Waals surface area (Å²) >= 11 is 0. The largest absolute Gasteiger partial charge is 0.444 e. The molecular formula is C19H30N2O2. The molecule has 2 rings (SSSR count). The number of hydrogen-bond acceptors (Lipinski definition) is 3. The van der Waals surface area contributed by atoms with Crippen LogP contribution in [-0.4, -0.2) is 23.8 Å². The van der Waals surface area contributed by atoms with Crippen LogP contribution in [0.15, 0.2) is 24.3 Å². The molecule has 0 radical (unpaired) electrons. The monoisotopic (exact) mass is 318 g/mol. The predicted octanol–water partition coefficient (Wildman–Crippen LogP) is 4.09. The van der Waals surface area contributed by atoms with Crippen molar-refractivity contribution in [1.82, 2.24) is 10.6 Å². The summed E-state index contributed by atoms with van der Waals surface area (Å²) < 4.78 is 5.38. The molecule has 4 nitrogen and oxygen atoms in total. The van der Waals surface area contributed by atoms with Crippen LogP contribution in [0.1, 0.15) is 64.1 Å². The molecule has 128 valence electrons. The number of benzene rings is 1. The molecule has 1 aliphatic rings. The SMILES string of the molecule is Cc1cccc(C(C)NC2CCCC2NC(=O)OC(C)(C)C)c1. The first kappa shape index (κ1) is 17.8. The Hall–Kier alpha value is -1.55.